The molecule has 1 atom stereocenters. The zero-order valence-electron chi connectivity index (χ0n) is 14.5. The number of ether oxygens (including phenoxy) is 2. The maximum Gasteiger partial charge on any atom is 0.345 e. The van der Waals surface area contributed by atoms with Crippen molar-refractivity contribution in [3.63, 3.8) is 0 Å². The van der Waals surface area contributed by atoms with Gasteiger partial charge in [0.05, 0.1) is 7.11 Å². The van der Waals surface area contributed by atoms with Gasteiger partial charge in [0.25, 0.3) is 0 Å². The van der Waals surface area contributed by atoms with Crippen LogP contribution < -0.4 is 9.47 Å². The van der Waals surface area contributed by atoms with Gasteiger partial charge in [0.1, 0.15) is 11.5 Å². The summed E-state index contributed by atoms with van der Waals surface area (Å²) >= 11 is 0. The monoisotopic (exact) mass is 348 g/mol. The highest BCUT2D eigenvalue weighted by atomic mass is 16.5. The van der Waals surface area contributed by atoms with Crippen LogP contribution in [0.1, 0.15) is 5.56 Å². The number of benzene rings is 3. The largest absolute Gasteiger partial charge is 0.497 e. The average molecular weight is 348 g/mol. The molecule has 0 saturated carbocycles. The molecular formula is C22H20O4. The van der Waals surface area contributed by atoms with Gasteiger partial charge in [0.15, 0.2) is 6.10 Å². The lowest BCUT2D eigenvalue weighted by Crippen LogP contribution is -2.29. The van der Waals surface area contributed by atoms with Crippen molar-refractivity contribution in [3.05, 3.63) is 84.4 Å². The SMILES string of the molecule is COc1ccc(C[C@H](Oc2ccc(-c3ccccc3)cc2)C(=O)O)cc1. The molecule has 0 aliphatic heterocycles. The van der Waals surface area contributed by atoms with E-state index in [4.69, 9.17) is 9.47 Å². The third kappa shape index (κ3) is 4.42. The van der Waals surface area contributed by atoms with E-state index in [1.165, 1.54) is 0 Å². The highest BCUT2D eigenvalue weighted by molar-refractivity contribution is 5.73. The van der Waals surface area contributed by atoms with E-state index in [0.29, 0.717) is 5.75 Å². The first-order valence-electron chi connectivity index (χ1n) is 8.33. The van der Waals surface area contributed by atoms with E-state index < -0.39 is 12.1 Å². The second-order valence-corrected chi connectivity index (χ2v) is 5.89. The predicted molar refractivity (Wildman–Crippen MR) is 101 cm³/mol. The van der Waals surface area contributed by atoms with Crippen molar-refractivity contribution in [3.8, 4) is 22.6 Å². The zero-order chi connectivity index (χ0) is 18.4. The molecule has 0 unspecified atom stereocenters. The van der Waals surface area contributed by atoms with Crippen LogP contribution in [0.25, 0.3) is 11.1 Å². The topological polar surface area (TPSA) is 55.8 Å². The number of carboxylic acids is 1. The third-order valence-corrected chi connectivity index (χ3v) is 4.10. The highest BCUT2D eigenvalue weighted by Crippen LogP contribution is 2.23. The molecule has 0 radical (unpaired) electrons. The van der Waals surface area contributed by atoms with Gasteiger partial charge in [0.2, 0.25) is 0 Å². The highest BCUT2D eigenvalue weighted by Gasteiger charge is 2.20. The number of aliphatic carboxylic acids is 1. The third-order valence-electron chi connectivity index (χ3n) is 4.10. The number of carbonyl (C=O) groups is 1. The second kappa shape index (κ2) is 8.21. The fourth-order valence-corrected chi connectivity index (χ4v) is 2.68. The lowest BCUT2D eigenvalue weighted by molar-refractivity contribution is -0.145. The van der Waals surface area contributed by atoms with E-state index in [0.717, 1.165) is 22.4 Å². The van der Waals surface area contributed by atoms with E-state index in [-0.39, 0.29) is 6.42 Å². The number of rotatable bonds is 7. The van der Waals surface area contributed by atoms with E-state index >= 15 is 0 Å². The summed E-state index contributed by atoms with van der Waals surface area (Å²) in [6.07, 6.45) is -0.675. The molecule has 3 aromatic rings. The fourth-order valence-electron chi connectivity index (χ4n) is 2.68. The Kier molecular flexibility index (Phi) is 5.54. The molecule has 0 aliphatic carbocycles. The minimum absolute atomic E-state index is 0.278. The van der Waals surface area contributed by atoms with Crippen molar-refractivity contribution < 1.29 is 19.4 Å². The van der Waals surface area contributed by atoms with Crippen LogP contribution in [0.5, 0.6) is 11.5 Å². The van der Waals surface area contributed by atoms with E-state index in [9.17, 15) is 9.90 Å². The molecule has 0 amide bonds. The molecule has 0 aromatic heterocycles. The molecule has 0 heterocycles. The molecule has 0 bridgehead atoms. The van der Waals surface area contributed by atoms with Gasteiger partial charge in [-0.15, -0.1) is 0 Å². The van der Waals surface area contributed by atoms with Crippen LogP contribution in [-0.4, -0.2) is 24.3 Å². The summed E-state index contributed by atoms with van der Waals surface area (Å²) in [5.74, 6) is 0.275. The fraction of sp³-hybridized carbons (Fsp3) is 0.136. The molecule has 3 rings (SSSR count). The normalized spacial score (nSPS) is 11.6. The lowest BCUT2D eigenvalue weighted by atomic mass is 10.1. The number of carboxylic acid groups (broad SMARTS) is 1. The number of hydrogen-bond donors (Lipinski definition) is 1. The summed E-state index contributed by atoms with van der Waals surface area (Å²) in [6.45, 7) is 0. The van der Waals surface area contributed by atoms with Crippen molar-refractivity contribution in [2.45, 2.75) is 12.5 Å². The van der Waals surface area contributed by atoms with Crippen LogP contribution in [-0.2, 0) is 11.2 Å². The Morgan fingerprint density at radius 3 is 2.00 bits per heavy atom. The summed E-state index contributed by atoms with van der Waals surface area (Å²) < 4.78 is 10.8. The quantitative estimate of drug-likeness (QED) is 0.686. The van der Waals surface area contributed by atoms with Crippen LogP contribution >= 0.6 is 0 Å². The van der Waals surface area contributed by atoms with Gasteiger partial charge in [-0.3, -0.25) is 0 Å². The first kappa shape index (κ1) is 17.5. The molecule has 0 spiro atoms. The lowest BCUT2D eigenvalue weighted by Gasteiger charge is -2.16. The maximum absolute atomic E-state index is 11.6. The standard InChI is InChI=1S/C22H20O4/c1-25-19-11-7-16(8-12-19)15-21(22(23)24)26-20-13-9-18(10-14-20)17-5-3-2-4-6-17/h2-14,21H,15H2,1H3,(H,23,24)/t21-/m0/s1. The number of hydrogen-bond acceptors (Lipinski definition) is 3. The molecule has 3 aromatic carbocycles. The van der Waals surface area contributed by atoms with Crippen LogP contribution in [0, 0.1) is 0 Å². The van der Waals surface area contributed by atoms with Crippen molar-refractivity contribution in [1.82, 2.24) is 0 Å². The summed E-state index contributed by atoms with van der Waals surface area (Å²) in [5.41, 5.74) is 3.03. The van der Waals surface area contributed by atoms with Crippen LogP contribution in [0.2, 0.25) is 0 Å². The predicted octanol–water partition coefficient (Wildman–Crippen LogP) is 4.44. The Morgan fingerprint density at radius 1 is 0.846 bits per heavy atom. The van der Waals surface area contributed by atoms with Gasteiger partial charge in [-0.2, -0.15) is 0 Å². The van der Waals surface area contributed by atoms with Gasteiger partial charge in [-0.05, 0) is 41.0 Å². The second-order valence-electron chi connectivity index (χ2n) is 5.89. The molecule has 0 fully saturated rings. The van der Waals surface area contributed by atoms with Gasteiger partial charge >= 0.3 is 5.97 Å². The van der Waals surface area contributed by atoms with E-state index in [2.05, 4.69) is 0 Å². The minimum atomic E-state index is -0.993. The van der Waals surface area contributed by atoms with Crippen LogP contribution in [0.15, 0.2) is 78.9 Å². The summed E-state index contributed by atoms with van der Waals surface area (Å²) in [5, 5.41) is 9.48. The molecule has 0 saturated heterocycles. The Hall–Kier alpha value is -3.27. The van der Waals surface area contributed by atoms with Gasteiger partial charge < -0.3 is 14.6 Å². The first-order valence-corrected chi connectivity index (χ1v) is 8.33. The Labute approximate surface area is 152 Å². The molecule has 26 heavy (non-hydrogen) atoms. The van der Waals surface area contributed by atoms with Crippen molar-refractivity contribution in [1.29, 1.82) is 0 Å². The molecule has 4 nitrogen and oxygen atoms in total. The van der Waals surface area contributed by atoms with Crippen molar-refractivity contribution in [2.24, 2.45) is 0 Å². The van der Waals surface area contributed by atoms with Crippen LogP contribution in [0.3, 0.4) is 0 Å². The van der Waals surface area contributed by atoms with Gasteiger partial charge in [0, 0.05) is 6.42 Å². The average Bonchev–Trinajstić information content (AvgIpc) is 2.69. The van der Waals surface area contributed by atoms with E-state index in [1.807, 2.05) is 66.7 Å². The summed E-state index contributed by atoms with van der Waals surface area (Å²) in [6, 6.07) is 24.7. The minimum Gasteiger partial charge on any atom is -0.497 e. The molecule has 132 valence electrons. The molecule has 0 aliphatic rings. The molecule has 1 N–H and O–H groups in total. The molecular weight excluding hydrogens is 328 g/mol. The Bertz CT molecular complexity index is 840. The summed E-state index contributed by atoms with van der Waals surface area (Å²) in [7, 11) is 1.59. The zero-order valence-corrected chi connectivity index (χ0v) is 14.5. The maximum atomic E-state index is 11.6. The van der Waals surface area contributed by atoms with Crippen molar-refractivity contribution in [2.75, 3.05) is 7.11 Å². The van der Waals surface area contributed by atoms with Crippen molar-refractivity contribution >= 4 is 5.97 Å². The van der Waals surface area contributed by atoms with Crippen LogP contribution in [0.4, 0.5) is 0 Å². The smallest absolute Gasteiger partial charge is 0.345 e. The number of methoxy groups -OCH3 is 1. The molecule has 4 heteroatoms. The summed E-state index contributed by atoms with van der Waals surface area (Å²) in [4.78, 5) is 11.6. The van der Waals surface area contributed by atoms with E-state index in [1.54, 1.807) is 19.2 Å². The Morgan fingerprint density at radius 2 is 1.42 bits per heavy atom. The van der Waals surface area contributed by atoms with Gasteiger partial charge in [-0.1, -0.05) is 54.6 Å². The first-order chi connectivity index (χ1) is 12.7. The Balaban J connectivity index is 1.70. The van der Waals surface area contributed by atoms with Gasteiger partial charge in [-0.25, -0.2) is 4.79 Å².